The van der Waals surface area contributed by atoms with E-state index >= 15 is 0 Å². The van der Waals surface area contributed by atoms with Crippen molar-refractivity contribution in [1.29, 1.82) is 0 Å². The minimum atomic E-state index is -2.81. The average molecular weight is 256 g/mol. The summed E-state index contributed by atoms with van der Waals surface area (Å²) in [6.07, 6.45) is 3.81. The van der Waals surface area contributed by atoms with E-state index < -0.39 is 35.0 Å². The van der Waals surface area contributed by atoms with Gasteiger partial charge in [-0.25, -0.2) is 9.59 Å². The van der Waals surface area contributed by atoms with Crippen molar-refractivity contribution in [2.75, 3.05) is 0 Å². The molecule has 4 N–H and O–H groups in total. The van der Waals surface area contributed by atoms with E-state index in [1.54, 1.807) is 19.1 Å². The van der Waals surface area contributed by atoms with E-state index in [9.17, 15) is 19.8 Å². The lowest BCUT2D eigenvalue weighted by Crippen LogP contribution is -2.64. The predicted molar refractivity (Wildman–Crippen MR) is 61.8 cm³/mol. The van der Waals surface area contributed by atoms with E-state index in [1.165, 1.54) is 19.1 Å². The molecule has 100 valence electrons. The van der Waals surface area contributed by atoms with Crippen molar-refractivity contribution >= 4 is 11.9 Å². The Morgan fingerprint density at radius 3 is 2.28 bits per heavy atom. The van der Waals surface area contributed by atoms with Crippen molar-refractivity contribution in [2.45, 2.75) is 25.6 Å². The Morgan fingerprint density at radius 1 is 1.33 bits per heavy atom. The van der Waals surface area contributed by atoms with Crippen molar-refractivity contribution in [3.63, 3.8) is 0 Å². The highest BCUT2D eigenvalue weighted by Gasteiger charge is 2.61. The van der Waals surface area contributed by atoms with Crippen LogP contribution in [-0.4, -0.2) is 44.1 Å². The van der Waals surface area contributed by atoms with Gasteiger partial charge in [0, 0.05) is 5.41 Å². The molecule has 0 saturated carbocycles. The predicted octanol–water partition coefficient (Wildman–Crippen LogP) is 0.0160. The molecule has 0 aromatic heterocycles. The Balaban J connectivity index is 3.37. The van der Waals surface area contributed by atoms with Crippen molar-refractivity contribution in [3.8, 4) is 0 Å². The number of carbonyl (C=O) groups is 2. The Labute approximate surface area is 104 Å². The van der Waals surface area contributed by atoms with Gasteiger partial charge >= 0.3 is 11.9 Å². The number of rotatable bonds is 4. The third-order valence-electron chi connectivity index (χ3n) is 3.68. The van der Waals surface area contributed by atoms with Crippen LogP contribution in [0.4, 0.5) is 0 Å². The van der Waals surface area contributed by atoms with Crippen molar-refractivity contribution < 1.29 is 30.0 Å². The second-order valence-corrected chi connectivity index (χ2v) is 4.63. The van der Waals surface area contributed by atoms with Gasteiger partial charge in [0.1, 0.15) is 0 Å². The largest absolute Gasteiger partial charge is 0.479 e. The van der Waals surface area contributed by atoms with Gasteiger partial charge in [0.2, 0.25) is 5.60 Å². The summed E-state index contributed by atoms with van der Waals surface area (Å²) in [5.41, 5.74) is -4.23. The summed E-state index contributed by atoms with van der Waals surface area (Å²) in [4.78, 5) is 22.1. The maximum absolute atomic E-state index is 11.3. The first-order chi connectivity index (χ1) is 8.18. The molecule has 1 rings (SSSR count). The van der Waals surface area contributed by atoms with Gasteiger partial charge in [-0.1, -0.05) is 38.2 Å². The zero-order chi connectivity index (χ0) is 14.1. The fourth-order valence-electron chi connectivity index (χ4n) is 2.13. The molecular formula is C12H16O6. The van der Waals surface area contributed by atoms with Gasteiger partial charge in [0.05, 0.1) is 0 Å². The summed E-state index contributed by atoms with van der Waals surface area (Å²) in [5, 5.41) is 37.8. The molecule has 0 saturated heterocycles. The molecule has 1 aliphatic carbocycles. The van der Waals surface area contributed by atoms with Gasteiger partial charge in [-0.2, -0.15) is 0 Å². The highest BCUT2D eigenvalue weighted by atomic mass is 16.4. The Bertz CT molecular complexity index is 426. The Kier molecular flexibility index (Phi) is 3.64. The van der Waals surface area contributed by atoms with Gasteiger partial charge in [0.15, 0.2) is 6.10 Å². The number of aliphatic carboxylic acids is 2. The second kappa shape index (κ2) is 4.55. The van der Waals surface area contributed by atoms with Crippen LogP contribution in [0.15, 0.2) is 24.3 Å². The SMILES string of the molecule is CC1C=CC=CC1(C)C(O)(C(=O)O)C(O)C(=O)O. The fourth-order valence-corrected chi connectivity index (χ4v) is 2.13. The maximum Gasteiger partial charge on any atom is 0.340 e. The smallest absolute Gasteiger partial charge is 0.340 e. The van der Waals surface area contributed by atoms with Crippen LogP contribution in [-0.2, 0) is 9.59 Å². The topological polar surface area (TPSA) is 115 Å². The quantitative estimate of drug-likeness (QED) is 0.563. The molecule has 0 aliphatic heterocycles. The monoisotopic (exact) mass is 256 g/mol. The van der Waals surface area contributed by atoms with Gasteiger partial charge < -0.3 is 20.4 Å². The van der Waals surface area contributed by atoms with E-state index in [4.69, 9.17) is 10.2 Å². The summed E-state index contributed by atoms with van der Waals surface area (Å²) < 4.78 is 0. The average Bonchev–Trinajstić information content (AvgIpc) is 2.30. The minimum Gasteiger partial charge on any atom is -0.479 e. The van der Waals surface area contributed by atoms with Crippen LogP contribution in [0, 0.1) is 11.3 Å². The molecule has 4 atom stereocenters. The lowest BCUT2D eigenvalue weighted by Gasteiger charge is -2.45. The summed E-state index contributed by atoms with van der Waals surface area (Å²) in [6.45, 7) is 3.04. The van der Waals surface area contributed by atoms with Crippen molar-refractivity contribution in [1.82, 2.24) is 0 Å². The standard InChI is InChI=1S/C12H16O6/c1-7-5-3-4-6-11(7,2)12(18,10(16)17)8(13)9(14)15/h3-8,13,18H,1-2H3,(H,14,15)(H,16,17). The molecule has 0 aromatic carbocycles. The van der Waals surface area contributed by atoms with Gasteiger partial charge in [-0.3, -0.25) is 0 Å². The number of carboxylic acid groups (broad SMARTS) is 2. The zero-order valence-electron chi connectivity index (χ0n) is 10.1. The normalized spacial score (nSPS) is 31.7. The number of hydrogen-bond acceptors (Lipinski definition) is 4. The van der Waals surface area contributed by atoms with Crippen LogP contribution in [0.5, 0.6) is 0 Å². The molecule has 0 spiro atoms. The number of aliphatic hydroxyl groups excluding tert-OH is 1. The number of aliphatic hydroxyl groups is 2. The number of carboxylic acids is 2. The van der Waals surface area contributed by atoms with Crippen molar-refractivity contribution in [2.24, 2.45) is 11.3 Å². The van der Waals surface area contributed by atoms with E-state index in [-0.39, 0.29) is 0 Å². The van der Waals surface area contributed by atoms with Crippen LogP contribution in [0.25, 0.3) is 0 Å². The molecule has 4 unspecified atom stereocenters. The molecule has 1 aliphatic rings. The van der Waals surface area contributed by atoms with Crippen LogP contribution in [0.2, 0.25) is 0 Å². The summed E-state index contributed by atoms with van der Waals surface area (Å²) >= 11 is 0. The van der Waals surface area contributed by atoms with Crippen LogP contribution < -0.4 is 0 Å². The van der Waals surface area contributed by atoms with Crippen LogP contribution in [0.1, 0.15) is 13.8 Å². The summed E-state index contributed by atoms with van der Waals surface area (Å²) in [7, 11) is 0. The molecule has 18 heavy (non-hydrogen) atoms. The molecule has 0 fully saturated rings. The van der Waals surface area contributed by atoms with Gasteiger partial charge in [-0.15, -0.1) is 0 Å². The van der Waals surface area contributed by atoms with E-state index in [1.807, 2.05) is 0 Å². The lowest BCUT2D eigenvalue weighted by molar-refractivity contribution is -0.202. The molecule has 0 radical (unpaired) electrons. The van der Waals surface area contributed by atoms with Crippen LogP contribution in [0.3, 0.4) is 0 Å². The molecule has 0 heterocycles. The first-order valence-electron chi connectivity index (χ1n) is 5.40. The third kappa shape index (κ3) is 1.83. The molecule has 0 aromatic rings. The fraction of sp³-hybridized carbons (Fsp3) is 0.500. The molecular weight excluding hydrogens is 240 g/mol. The Morgan fingerprint density at radius 2 is 1.89 bits per heavy atom. The van der Waals surface area contributed by atoms with Gasteiger partial charge in [0.25, 0.3) is 0 Å². The molecule has 6 nitrogen and oxygen atoms in total. The Hall–Kier alpha value is -1.66. The second-order valence-electron chi connectivity index (χ2n) is 4.63. The highest BCUT2D eigenvalue weighted by molar-refractivity contribution is 5.88. The van der Waals surface area contributed by atoms with Crippen LogP contribution >= 0.6 is 0 Å². The number of hydrogen-bond donors (Lipinski definition) is 4. The zero-order valence-corrected chi connectivity index (χ0v) is 10.1. The van der Waals surface area contributed by atoms with E-state index in [0.29, 0.717) is 0 Å². The molecule has 0 bridgehead atoms. The third-order valence-corrected chi connectivity index (χ3v) is 3.68. The lowest BCUT2D eigenvalue weighted by atomic mass is 9.61. The first-order valence-corrected chi connectivity index (χ1v) is 5.40. The van der Waals surface area contributed by atoms with E-state index in [2.05, 4.69) is 0 Å². The maximum atomic E-state index is 11.3. The summed E-state index contributed by atoms with van der Waals surface area (Å²) in [6, 6.07) is 0. The first kappa shape index (κ1) is 14.4. The van der Waals surface area contributed by atoms with Gasteiger partial charge in [-0.05, 0) is 5.92 Å². The molecule has 6 heteroatoms. The highest BCUT2D eigenvalue weighted by Crippen LogP contribution is 2.45. The number of allylic oxidation sites excluding steroid dienone is 3. The summed E-state index contributed by atoms with van der Waals surface area (Å²) in [5.74, 6) is -4.00. The van der Waals surface area contributed by atoms with Crippen molar-refractivity contribution in [3.05, 3.63) is 24.3 Å². The van der Waals surface area contributed by atoms with E-state index in [0.717, 1.165) is 0 Å². The molecule has 0 amide bonds. The minimum absolute atomic E-state index is 0.447.